The molecule has 0 aliphatic rings. The van der Waals surface area contributed by atoms with Crippen LogP contribution in [0, 0.1) is 0 Å². The maximum Gasteiger partial charge on any atom is 0.300 e. The van der Waals surface area contributed by atoms with Crippen molar-refractivity contribution in [2.24, 2.45) is 0 Å². The molecule has 0 N–H and O–H groups in total. The van der Waals surface area contributed by atoms with Crippen LogP contribution in [0.3, 0.4) is 0 Å². The summed E-state index contributed by atoms with van der Waals surface area (Å²) in [6.45, 7) is 3.91. The summed E-state index contributed by atoms with van der Waals surface area (Å²) in [6, 6.07) is 0. The summed E-state index contributed by atoms with van der Waals surface area (Å²) in [6.07, 6.45) is 0.762. The molecule has 0 aromatic rings. The molecule has 0 aromatic carbocycles. The van der Waals surface area contributed by atoms with Gasteiger partial charge in [-0.2, -0.15) is 0 Å². The minimum Gasteiger partial charge on any atom is -0.379 e. The van der Waals surface area contributed by atoms with Crippen molar-refractivity contribution in [3.05, 3.63) is 0 Å². The summed E-state index contributed by atoms with van der Waals surface area (Å²) >= 11 is 10.9. The van der Waals surface area contributed by atoms with Crippen LogP contribution in [0.2, 0.25) is 0 Å². The molecular weight excluding hydrogens is 163 g/mol. The Morgan fingerprint density at radius 3 is 2.12 bits per heavy atom. The van der Waals surface area contributed by atoms with Gasteiger partial charge in [0.25, 0.3) is 7.42 Å². The summed E-state index contributed by atoms with van der Waals surface area (Å²) < 4.78 is 5.08. The lowest BCUT2D eigenvalue weighted by Crippen LogP contribution is -2.11. The minimum atomic E-state index is -1.21. The van der Waals surface area contributed by atoms with E-state index in [0.29, 0.717) is 6.23 Å². The SMILES string of the molecule is CC(C)OC[Si](Cl)Cl. The highest BCUT2D eigenvalue weighted by Gasteiger charge is 2.03. The van der Waals surface area contributed by atoms with Gasteiger partial charge < -0.3 is 4.74 Å². The predicted molar refractivity (Wildman–Crippen MR) is 38.5 cm³/mol. The van der Waals surface area contributed by atoms with E-state index in [-0.39, 0.29) is 6.10 Å². The molecule has 0 rings (SSSR count). The standard InChI is InChI=1S/C4H9Cl2OSi/c1-4(2)7-3-8(5)6/h4H,3H2,1-2H3. The quantitative estimate of drug-likeness (QED) is 0.466. The molecule has 0 aliphatic heterocycles. The largest absolute Gasteiger partial charge is 0.379 e. The lowest BCUT2D eigenvalue weighted by atomic mass is 10.5. The second-order valence-corrected chi connectivity index (χ2v) is 5.98. The van der Waals surface area contributed by atoms with E-state index >= 15 is 0 Å². The first-order valence-corrected chi connectivity index (χ1v) is 6.14. The molecule has 0 saturated heterocycles. The van der Waals surface area contributed by atoms with Gasteiger partial charge in [0, 0.05) is 0 Å². The third-order valence-corrected chi connectivity index (χ3v) is 1.57. The Kier molecular flexibility index (Phi) is 5.06. The van der Waals surface area contributed by atoms with Gasteiger partial charge in [-0.05, 0) is 13.8 Å². The lowest BCUT2D eigenvalue weighted by molar-refractivity contribution is 0.115. The van der Waals surface area contributed by atoms with Crippen molar-refractivity contribution in [3.63, 3.8) is 0 Å². The Hall–Kier alpha value is 0.757. The molecule has 49 valence electrons. The predicted octanol–water partition coefficient (Wildman–Crippen LogP) is 1.92. The molecule has 8 heavy (non-hydrogen) atoms. The van der Waals surface area contributed by atoms with Crippen LogP contribution in [-0.2, 0) is 4.74 Å². The normalized spacial score (nSPS) is 11.2. The van der Waals surface area contributed by atoms with Crippen molar-refractivity contribution in [2.75, 3.05) is 6.23 Å². The van der Waals surface area contributed by atoms with E-state index in [0.717, 1.165) is 0 Å². The summed E-state index contributed by atoms with van der Waals surface area (Å²) in [5, 5.41) is 0. The molecule has 0 atom stereocenters. The third kappa shape index (κ3) is 6.76. The highest BCUT2D eigenvalue weighted by molar-refractivity contribution is 7.33. The topological polar surface area (TPSA) is 9.23 Å². The van der Waals surface area contributed by atoms with E-state index in [2.05, 4.69) is 0 Å². The Morgan fingerprint density at radius 1 is 1.50 bits per heavy atom. The average molecular weight is 172 g/mol. The van der Waals surface area contributed by atoms with Crippen LogP contribution < -0.4 is 0 Å². The van der Waals surface area contributed by atoms with Crippen molar-refractivity contribution >= 4 is 29.6 Å². The first-order valence-electron chi connectivity index (χ1n) is 2.41. The van der Waals surface area contributed by atoms with Crippen molar-refractivity contribution in [2.45, 2.75) is 20.0 Å². The van der Waals surface area contributed by atoms with E-state index in [4.69, 9.17) is 26.9 Å². The van der Waals surface area contributed by atoms with Gasteiger partial charge in [0.2, 0.25) is 0 Å². The van der Waals surface area contributed by atoms with Crippen molar-refractivity contribution < 1.29 is 4.74 Å². The zero-order valence-electron chi connectivity index (χ0n) is 4.95. The summed E-state index contributed by atoms with van der Waals surface area (Å²) in [7, 11) is -1.21. The van der Waals surface area contributed by atoms with Crippen LogP contribution >= 0.6 is 22.2 Å². The van der Waals surface area contributed by atoms with E-state index < -0.39 is 7.42 Å². The second kappa shape index (κ2) is 4.62. The Balaban J connectivity index is 2.93. The van der Waals surface area contributed by atoms with Gasteiger partial charge in [-0.25, -0.2) is 0 Å². The van der Waals surface area contributed by atoms with Crippen LogP contribution in [0.15, 0.2) is 0 Å². The number of halogens is 2. The van der Waals surface area contributed by atoms with E-state index in [1.807, 2.05) is 13.8 Å². The molecule has 0 heterocycles. The van der Waals surface area contributed by atoms with Gasteiger partial charge >= 0.3 is 0 Å². The number of hydrogen-bond donors (Lipinski definition) is 0. The van der Waals surface area contributed by atoms with Gasteiger partial charge in [0.1, 0.15) is 0 Å². The zero-order valence-corrected chi connectivity index (χ0v) is 7.46. The second-order valence-electron chi connectivity index (χ2n) is 1.70. The zero-order chi connectivity index (χ0) is 6.57. The first kappa shape index (κ1) is 8.76. The molecule has 0 aliphatic carbocycles. The van der Waals surface area contributed by atoms with Crippen LogP contribution in [0.4, 0.5) is 0 Å². The Bertz CT molecular complexity index is 50.0. The molecule has 0 amide bonds. The van der Waals surface area contributed by atoms with Gasteiger partial charge in [0.15, 0.2) is 0 Å². The molecule has 4 heteroatoms. The van der Waals surface area contributed by atoms with Gasteiger partial charge in [-0.1, -0.05) is 0 Å². The average Bonchev–Trinajstić information content (AvgIpc) is 1.61. The maximum absolute atomic E-state index is 5.46. The molecule has 0 bridgehead atoms. The fraction of sp³-hybridized carbons (Fsp3) is 1.00. The lowest BCUT2D eigenvalue weighted by Gasteiger charge is -2.04. The van der Waals surface area contributed by atoms with Crippen LogP contribution in [0.25, 0.3) is 0 Å². The molecule has 0 fully saturated rings. The smallest absolute Gasteiger partial charge is 0.300 e. The van der Waals surface area contributed by atoms with Crippen LogP contribution in [0.1, 0.15) is 13.8 Å². The highest BCUT2D eigenvalue weighted by Crippen LogP contribution is 1.97. The van der Waals surface area contributed by atoms with Gasteiger partial charge in [0.05, 0.1) is 12.3 Å². The molecule has 1 nitrogen and oxygen atoms in total. The number of rotatable bonds is 3. The van der Waals surface area contributed by atoms with E-state index in [9.17, 15) is 0 Å². The van der Waals surface area contributed by atoms with Gasteiger partial charge in [-0.3, -0.25) is 0 Å². The molecular formula is C4H9Cl2OSi. The Labute approximate surface area is 60.9 Å². The summed E-state index contributed by atoms with van der Waals surface area (Å²) in [5.41, 5.74) is 0. The Morgan fingerprint density at radius 2 is 2.00 bits per heavy atom. The molecule has 0 saturated carbocycles. The summed E-state index contributed by atoms with van der Waals surface area (Å²) in [4.78, 5) is 0. The number of hydrogen-bond acceptors (Lipinski definition) is 1. The highest BCUT2D eigenvalue weighted by atomic mass is 35.7. The third-order valence-electron chi connectivity index (χ3n) is 0.526. The monoisotopic (exact) mass is 171 g/mol. The molecule has 0 aromatic heterocycles. The van der Waals surface area contributed by atoms with Crippen LogP contribution in [-0.4, -0.2) is 19.8 Å². The summed E-state index contributed by atoms with van der Waals surface area (Å²) in [5.74, 6) is 0. The van der Waals surface area contributed by atoms with Crippen molar-refractivity contribution in [1.82, 2.24) is 0 Å². The van der Waals surface area contributed by atoms with Crippen molar-refractivity contribution in [3.8, 4) is 0 Å². The van der Waals surface area contributed by atoms with E-state index in [1.54, 1.807) is 0 Å². The molecule has 0 spiro atoms. The van der Waals surface area contributed by atoms with Crippen LogP contribution in [0.5, 0.6) is 0 Å². The fourth-order valence-corrected chi connectivity index (χ4v) is 1.07. The molecule has 0 unspecified atom stereocenters. The first-order chi connectivity index (χ1) is 3.63. The molecule has 1 radical (unpaired) electrons. The van der Waals surface area contributed by atoms with Gasteiger partial charge in [-0.15, -0.1) is 22.2 Å². The fourth-order valence-electron chi connectivity index (χ4n) is 0.230. The van der Waals surface area contributed by atoms with E-state index in [1.165, 1.54) is 0 Å². The maximum atomic E-state index is 5.46. The number of ether oxygens (including phenoxy) is 1. The minimum absolute atomic E-state index is 0.243. The van der Waals surface area contributed by atoms with Crippen molar-refractivity contribution in [1.29, 1.82) is 0 Å².